The third kappa shape index (κ3) is 4.85. The minimum Gasteiger partial charge on any atom is -0.489 e. The molecular weight excluding hydrogens is 375 g/mol. The molecule has 0 bridgehead atoms. The summed E-state index contributed by atoms with van der Waals surface area (Å²) in [7, 11) is 2.14. The van der Waals surface area contributed by atoms with Gasteiger partial charge in [0.05, 0.1) is 0 Å². The highest BCUT2D eigenvalue weighted by atomic mass is 35.5. The summed E-state index contributed by atoms with van der Waals surface area (Å²) in [6, 6.07) is 13.3. The number of likely N-dealkylation sites (N-methyl/N-ethyl adjacent to an activating group) is 1. The molecular formula is C19H20Cl2N2OS. The number of piperazine rings is 1. The van der Waals surface area contributed by atoms with E-state index < -0.39 is 0 Å². The van der Waals surface area contributed by atoms with Crippen molar-refractivity contribution in [1.82, 2.24) is 9.80 Å². The highest BCUT2D eigenvalue weighted by molar-refractivity contribution is 7.80. The standard InChI is InChI=1S/C19H20Cl2N2OS/c1-22-7-9-23(10-8-22)19(25)14-3-2-4-17(11-14)24-13-15-5-6-16(20)12-18(15)21/h2-6,11-12H,7-10,13H2,1H3. The lowest BCUT2D eigenvalue weighted by Gasteiger charge is -2.34. The van der Waals surface area contributed by atoms with Crippen molar-refractivity contribution in [3.05, 3.63) is 63.6 Å². The predicted molar refractivity (Wildman–Crippen MR) is 108 cm³/mol. The fourth-order valence-corrected chi connectivity index (χ4v) is 3.48. The van der Waals surface area contributed by atoms with Gasteiger partial charge in [0.2, 0.25) is 0 Å². The van der Waals surface area contributed by atoms with Crippen LogP contribution in [0.5, 0.6) is 5.75 Å². The third-order valence-corrected chi connectivity index (χ3v) is 5.36. The number of nitrogens with zero attached hydrogens (tertiary/aromatic N) is 2. The van der Waals surface area contributed by atoms with E-state index in [1.54, 1.807) is 6.07 Å². The van der Waals surface area contributed by atoms with Gasteiger partial charge in [-0.05, 0) is 31.3 Å². The highest BCUT2D eigenvalue weighted by Crippen LogP contribution is 2.23. The summed E-state index contributed by atoms with van der Waals surface area (Å²) in [5.74, 6) is 0.778. The SMILES string of the molecule is CN1CCN(C(=S)c2cccc(OCc3ccc(Cl)cc3Cl)c2)CC1. The Bertz CT molecular complexity index is 761. The van der Waals surface area contributed by atoms with Crippen LogP contribution in [0.4, 0.5) is 0 Å². The number of hydrogen-bond donors (Lipinski definition) is 0. The second-order valence-electron chi connectivity index (χ2n) is 6.15. The molecule has 0 amide bonds. The molecule has 0 aliphatic carbocycles. The van der Waals surface area contributed by atoms with Crippen LogP contribution in [0.15, 0.2) is 42.5 Å². The van der Waals surface area contributed by atoms with E-state index in [2.05, 4.69) is 16.8 Å². The Morgan fingerprint density at radius 3 is 2.56 bits per heavy atom. The van der Waals surface area contributed by atoms with E-state index in [4.69, 9.17) is 40.2 Å². The molecule has 1 aliphatic rings. The smallest absolute Gasteiger partial charge is 0.120 e. The lowest BCUT2D eigenvalue weighted by atomic mass is 10.2. The number of thiocarbonyl (C=S) groups is 1. The molecule has 3 nitrogen and oxygen atoms in total. The van der Waals surface area contributed by atoms with Crippen LogP contribution < -0.4 is 4.74 Å². The zero-order valence-electron chi connectivity index (χ0n) is 14.0. The lowest BCUT2D eigenvalue weighted by molar-refractivity contribution is 0.218. The van der Waals surface area contributed by atoms with Gasteiger partial charge in [0.15, 0.2) is 0 Å². The zero-order valence-corrected chi connectivity index (χ0v) is 16.4. The summed E-state index contributed by atoms with van der Waals surface area (Å²) in [6.45, 7) is 4.37. The fourth-order valence-electron chi connectivity index (χ4n) is 2.71. The number of ether oxygens (including phenoxy) is 1. The molecule has 25 heavy (non-hydrogen) atoms. The van der Waals surface area contributed by atoms with Crippen LogP contribution in [0.1, 0.15) is 11.1 Å². The van der Waals surface area contributed by atoms with Gasteiger partial charge in [-0.2, -0.15) is 0 Å². The van der Waals surface area contributed by atoms with Gasteiger partial charge < -0.3 is 14.5 Å². The molecule has 132 valence electrons. The minimum atomic E-state index is 0.390. The number of halogens is 2. The van der Waals surface area contributed by atoms with Gasteiger partial charge >= 0.3 is 0 Å². The molecule has 0 aromatic heterocycles. The number of rotatable bonds is 4. The van der Waals surface area contributed by atoms with E-state index >= 15 is 0 Å². The first-order valence-electron chi connectivity index (χ1n) is 8.17. The van der Waals surface area contributed by atoms with Crippen molar-refractivity contribution in [2.75, 3.05) is 33.2 Å². The maximum Gasteiger partial charge on any atom is 0.120 e. The van der Waals surface area contributed by atoms with E-state index in [1.807, 2.05) is 36.4 Å². The number of benzene rings is 2. The molecule has 0 spiro atoms. The van der Waals surface area contributed by atoms with Gasteiger partial charge in [-0.15, -0.1) is 0 Å². The Morgan fingerprint density at radius 2 is 1.84 bits per heavy atom. The summed E-state index contributed by atoms with van der Waals surface area (Å²) in [5.41, 5.74) is 1.91. The van der Waals surface area contributed by atoms with E-state index in [1.165, 1.54) is 0 Å². The monoisotopic (exact) mass is 394 g/mol. The van der Waals surface area contributed by atoms with Crippen molar-refractivity contribution in [1.29, 1.82) is 0 Å². The van der Waals surface area contributed by atoms with Gasteiger partial charge in [-0.1, -0.05) is 53.6 Å². The van der Waals surface area contributed by atoms with Crippen LogP contribution in [0.3, 0.4) is 0 Å². The third-order valence-electron chi connectivity index (χ3n) is 4.28. The lowest BCUT2D eigenvalue weighted by Crippen LogP contribution is -2.46. The van der Waals surface area contributed by atoms with Gasteiger partial charge in [0.25, 0.3) is 0 Å². The van der Waals surface area contributed by atoms with Crippen LogP contribution in [0.2, 0.25) is 10.0 Å². The quantitative estimate of drug-likeness (QED) is 0.709. The van der Waals surface area contributed by atoms with Gasteiger partial charge in [0, 0.05) is 47.4 Å². The van der Waals surface area contributed by atoms with Crippen molar-refractivity contribution >= 4 is 40.4 Å². The molecule has 0 atom stereocenters. The van der Waals surface area contributed by atoms with Crippen molar-refractivity contribution in [2.45, 2.75) is 6.61 Å². The summed E-state index contributed by atoms with van der Waals surface area (Å²) in [4.78, 5) is 5.45. The molecule has 2 aromatic carbocycles. The van der Waals surface area contributed by atoms with Crippen LogP contribution in [0.25, 0.3) is 0 Å². The predicted octanol–water partition coefficient (Wildman–Crippen LogP) is 4.50. The maximum atomic E-state index is 6.19. The van der Waals surface area contributed by atoms with Crippen LogP contribution >= 0.6 is 35.4 Å². The fraction of sp³-hybridized carbons (Fsp3) is 0.316. The topological polar surface area (TPSA) is 15.7 Å². The molecule has 1 heterocycles. The first-order valence-corrected chi connectivity index (χ1v) is 9.34. The summed E-state index contributed by atoms with van der Waals surface area (Å²) in [6.07, 6.45) is 0. The maximum absolute atomic E-state index is 6.19. The van der Waals surface area contributed by atoms with E-state index in [0.29, 0.717) is 16.7 Å². The summed E-state index contributed by atoms with van der Waals surface area (Å²) in [5, 5.41) is 1.23. The van der Waals surface area contributed by atoms with Gasteiger partial charge in [-0.3, -0.25) is 0 Å². The Morgan fingerprint density at radius 1 is 1.08 bits per heavy atom. The molecule has 0 radical (unpaired) electrons. The highest BCUT2D eigenvalue weighted by Gasteiger charge is 2.17. The molecule has 1 saturated heterocycles. The van der Waals surface area contributed by atoms with E-state index in [-0.39, 0.29) is 0 Å². The normalized spacial score (nSPS) is 15.2. The van der Waals surface area contributed by atoms with Crippen molar-refractivity contribution in [2.24, 2.45) is 0 Å². The Balaban J connectivity index is 1.66. The average Bonchev–Trinajstić information content (AvgIpc) is 2.61. The average molecular weight is 395 g/mol. The van der Waals surface area contributed by atoms with Crippen LogP contribution in [-0.2, 0) is 6.61 Å². The van der Waals surface area contributed by atoms with Crippen LogP contribution in [-0.4, -0.2) is 48.0 Å². The molecule has 1 fully saturated rings. The van der Waals surface area contributed by atoms with Crippen LogP contribution in [0, 0.1) is 0 Å². The van der Waals surface area contributed by atoms with E-state index in [9.17, 15) is 0 Å². The second-order valence-corrected chi connectivity index (χ2v) is 7.38. The Labute approximate surface area is 164 Å². The Hall–Kier alpha value is -1.33. The van der Waals surface area contributed by atoms with Crippen molar-refractivity contribution in [3.63, 3.8) is 0 Å². The molecule has 0 unspecified atom stereocenters. The zero-order chi connectivity index (χ0) is 17.8. The molecule has 0 N–H and O–H groups in total. The molecule has 1 aliphatic heterocycles. The molecule has 0 saturated carbocycles. The number of hydrogen-bond acceptors (Lipinski definition) is 3. The summed E-state index contributed by atoms with van der Waals surface area (Å²) >= 11 is 17.8. The first-order chi connectivity index (χ1) is 12.0. The Kier molecular flexibility index (Phi) is 6.18. The minimum absolute atomic E-state index is 0.390. The molecule has 3 rings (SSSR count). The molecule has 2 aromatic rings. The first kappa shape index (κ1) is 18.5. The second kappa shape index (κ2) is 8.37. The van der Waals surface area contributed by atoms with E-state index in [0.717, 1.165) is 48.0 Å². The largest absolute Gasteiger partial charge is 0.489 e. The van der Waals surface area contributed by atoms with Gasteiger partial charge in [-0.25, -0.2) is 0 Å². The van der Waals surface area contributed by atoms with Gasteiger partial charge in [0.1, 0.15) is 17.3 Å². The molecule has 6 heteroatoms. The van der Waals surface area contributed by atoms with Crippen molar-refractivity contribution in [3.8, 4) is 5.75 Å². The van der Waals surface area contributed by atoms with Crippen molar-refractivity contribution < 1.29 is 4.74 Å². The summed E-state index contributed by atoms with van der Waals surface area (Å²) < 4.78 is 5.89.